The first-order valence-corrected chi connectivity index (χ1v) is 11.2. The maximum absolute atomic E-state index is 13.1. The van der Waals surface area contributed by atoms with Gasteiger partial charge in [0.15, 0.2) is 0 Å². The molecule has 0 spiro atoms. The van der Waals surface area contributed by atoms with Crippen LogP contribution < -0.4 is 21.7 Å². The maximum atomic E-state index is 13.1. The van der Waals surface area contributed by atoms with E-state index in [0.717, 1.165) is 42.5 Å². The van der Waals surface area contributed by atoms with Crippen LogP contribution >= 0.6 is 0 Å². The lowest BCUT2D eigenvalue weighted by Gasteiger charge is -2.27. The Bertz CT molecular complexity index is 981. The number of fused-ring (bicyclic) bond motifs is 1. The van der Waals surface area contributed by atoms with E-state index in [2.05, 4.69) is 20.9 Å². The summed E-state index contributed by atoms with van der Waals surface area (Å²) in [6.45, 7) is 2.41. The van der Waals surface area contributed by atoms with E-state index in [1.165, 1.54) is 12.1 Å². The van der Waals surface area contributed by atoms with E-state index < -0.39 is 6.04 Å². The van der Waals surface area contributed by atoms with Gasteiger partial charge in [-0.3, -0.25) is 9.59 Å². The van der Waals surface area contributed by atoms with E-state index in [9.17, 15) is 14.0 Å². The zero-order valence-corrected chi connectivity index (χ0v) is 18.2. The van der Waals surface area contributed by atoms with E-state index in [0.29, 0.717) is 24.7 Å². The van der Waals surface area contributed by atoms with Gasteiger partial charge in [0.05, 0.1) is 12.1 Å². The van der Waals surface area contributed by atoms with Crippen molar-refractivity contribution in [3.05, 3.63) is 59.0 Å². The zero-order chi connectivity index (χ0) is 22.7. The highest BCUT2D eigenvalue weighted by Gasteiger charge is 2.31. The van der Waals surface area contributed by atoms with Gasteiger partial charge in [0.2, 0.25) is 11.8 Å². The minimum atomic E-state index is -0.646. The molecule has 4 atom stereocenters. The predicted molar refractivity (Wildman–Crippen MR) is 120 cm³/mol. The van der Waals surface area contributed by atoms with E-state index in [1.807, 2.05) is 6.07 Å². The van der Waals surface area contributed by atoms with Crippen molar-refractivity contribution in [3.63, 3.8) is 0 Å². The van der Waals surface area contributed by atoms with Crippen LogP contribution in [-0.2, 0) is 22.4 Å². The normalized spacial score (nSPS) is 23.2. The van der Waals surface area contributed by atoms with Gasteiger partial charge >= 0.3 is 0 Å². The fraction of sp³-hybridized carbons (Fsp3) is 0.458. The van der Waals surface area contributed by atoms with Gasteiger partial charge in [-0.15, -0.1) is 0 Å². The van der Waals surface area contributed by atoms with Crippen LogP contribution in [0, 0.1) is 11.7 Å². The third-order valence-corrected chi connectivity index (χ3v) is 6.36. The molecular formula is C24H30FN5O2. The topological polar surface area (TPSA) is 109 Å². The van der Waals surface area contributed by atoms with Crippen molar-refractivity contribution in [1.82, 2.24) is 20.9 Å². The summed E-state index contributed by atoms with van der Waals surface area (Å²) in [5.74, 6) is 0.138. The standard InChI is InChI=1S/C24H30FN5O2/c1-14(23(31)30-20-4-2-3-19-18(20)9-10-22(26)29-19)28-24(32)21-12-16(13-27-21)11-15-5-7-17(25)8-6-15/h5-10,14,16,20-21,27H,2-4,11-13H2,1H3,(H2,26,29)(H,28,32)(H,30,31). The quantitative estimate of drug-likeness (QED) is 0.551. The zero-order valence-electron chi connectivity index (χ0n) is 18.2. The highest BCUT2D eigenvalue weighted by Crippen LogP contribution is 2.29. The van der Waals surface area contributed by atoms with Crippen LogP contribution in [-0.4, -0.2) is 35.4 Å². The molecule has 32 heavy (non-hydrogen) atoms. The lowest BCUT2D eigenvalue weighted by molar-refractivity contribution is -0.129. The lowest BCUT2D eigenvalue weighted by atomic mass is 9.91. The number of nitrogens with two attached hydrogens (primary N) is 1. The summed E-state index contributed by atoms with van der Waals surface area (Å²) in [6.07, 6.45) is 4.08. The molecule has 2 aromatic rings. The third-order valence-electron chi connectivity index (χ3n) is 6.36. The van der Waals surface area contributed by atoms with Crippen molar-refractivity contribution >= 4 is 17.6 Å². The van der Waals surface area contributed by atoms with E-state index >= 15 is 0 Å². The molecule has 2 amide bonds. The predicted octanol–water partition coefficient (Wildman–Crippen LogP) is 2.02. The van der Waals surface area contributed by atoms with Crippen molar-refractivity contribution in [2.45, 2.75) is 57.2 Å². The molecule has 170 valence electrons. The number of aromatic nitrogens is 1. The Hall–Kier alpha value is -3.00. The molecule has 5 N–H and O–H groups in total. The molecule has 4 rings (SSSR count). The number of carbonyl (C=O) groups excluding carboxylic acids is 2. The van der Waals surface area contributed by atoms with Gasteiger partial charge in [0, 0.05) is 5.69 Å². The molecule has 1 aliphatic heterocycles. The molecule has 0 bridgehead atoms. The second kappa shape index (κ2) is 9.65. The molecular weight excluding hydrogens is 409 g/mol. The van der Waals surface area contributed by atoms with Gasteiger partial charge in [0.1, 0.15) is 17.7 Å². The summed E-state index contributed by atoms with van der Waals surface area (Å²) in [5, 5.41) is 9.13. The van der Waals surface area contributed by atoms with Crippen LogP contribution in [0.1, 0.15) is 49.0 Å². The van der Waals surface area contributed by atoms with Crippen molar-refractivity contribution in [2.24, 2.45) is 5.92 Å². The number of carbonyl (C=O) groups is 2. The monoisotopic (exact) mass is 439 g/mol. The second-order valence-electron chi connectivity index (χ2n) is 8.85. The van der Waals surface area contributed by atoms with Gasteiger partial charge in [0.25, 0.3) is 0 Å². The number of amides is 2. The minimum absolute atomic E-state index is 0.122. The van der Waals surface area contributed by atoms with Gasteiger partial charge in [-0.25, -0.2) is 9.37 Å². The van der Waals surface area contributed by atoms with Crippen LogP contribution in [0.15, 0.2) is 36.4 Å². The van der Waals surface area contributed by atoms with Crippen molar-refractivity contribution in [1.29, 1.82) is 0 Å². The molecule has 2 heterocycles. The number of rotatable bonds is 6. The summed E-state index contributed by atoms with van der Waals surface area (Å²) in [6, 6.07) is 9.05. The van der Waals surface area contributed by atoms with Gasteiger partial charge < -0.3 is 21.7 Å². The first-order valence-electron chi connectivity index (χ1n) is 11.2. The van der Waals surface area contributed by atoms with Crippen LogP contribution in [0.2, 0.25) is 0 Å². The number of hydrogen-bond acceptors (Lipinski definition) is 5. The number of anilines is 1. The minimum Gasteiger partial charge on any atom is -0.384 e. The average Bonchev–Trinajstić information content (AvgIpc) is 3.24. The Morgan fingerprint density at radius 2 is 2.03 bits per heavy atom. The first kappa shape index (κ1) is 22.2. The molecule has 1 aliphatic carbocycles. The summed E-state index contributed by atoms with van der Waals surface area (Å²) >= 11 is 0. The highest BCUT2D eigenvalue weighted by atomic mass is 19.1. The molecule has 1 aromatic carbocycles. The molecule has 1 saturated heterocycles. The number of nitrogens with one attached hydrogen (secondary N) is 3. The number of nitrogens with zero attached hydrogens (tertiary/aromatic N) is 1. The number of hydrogen-bond donors (Lipinski definition) is 4. The molecule has 4 unspecified atom stereocenters. The SMILES string of the molecule is CC(NC(=O)C1CC(Cc2ccc(F)cc2)CN1)C(=O)NC1CCCc2nc(N)ccc21. The Balaban J connectivity index is 1.27. The number of aryl methyl sites for hydroxylation is 1. The fourth-order valence-corrected chi connectivity index (χ4v) is 4.62. The van der Waals surface area contributed by atoms with Gasteiger partial charge in [-0.2, -0.15) is 0 Å². The largest absolute Gasteiger partial charge is 0.384 e. The van der Waals surface area contributed by atoms with Crippen LogP contribution in [0.4, 0.5) is 10.2 Å². The van der Waals surface area contributed by atoms with Crippen molar-refractivity contribution in [2.75, 3.05) is 12.3 Å². The number of nitrogen functional groups attached to an aromatic ring is 1. The summed E-state index contributed by atoms with van der Waals surface area (Å²) in [7, 11) is 0. The average molecular weight is 440 g/mol. The van der Waals surface area contributed by atoms with Crippen molar-refractivity contribution < 1.29 is 14.0 Å². The molecule has 7 nitrogen and oxygen atoms in total. The van der Waals surface area contributed by atoms with E-state index in [1.54, 1.807) is 25.1 Å². The summed E-state index contributed by atoms with van der Waals surface area (Å²) in [4.78, 5) is 29.8. The fourth-order valence-electron chi connectivity index (χ4n) is 4.62. The molecule has 0 radical (unpaired) electrons. The summed E-state index contributed by atoms with van der Waals surface area (Å²) < 4.78 is 13.1. The second-order valence-corrected chi connectivity index (χ2v) is 8.85. The Labute approximate surface area is 187 Å². The van der Waals surface area contributed by atoms with Gasteiger partial charge in [-0.05, 0) is 80.8 Å². The van der Waals surface area contributed by atoms with Crippen molar-refractivity contribution in [3.8, 4) is 0 Å². The Kier molecular flexibility index (Phi) is 6.69. The smallest absolute Gasteiger partial charge is 0.242 e. The molecule has 2 aliphatic rings. The lowest BCUT2D eigenvalue weighted by Crippen LogP contribution is -2.50. The number of halogens is 1. The first-order chi connectivity index (χ1) is 15.4. The number of benzene rings is 1. The summed E-state index contributed by atoms with van der Waals surface area (Å²) in [5.41, 5.74) is 8.76. The molecule has 8 heteroatoms. The molecule has 1 aromatic heterocycles. The molecule has 1 fully saturated rings. The highest BCUT2D eigenvalue weighted by molar-refractivity contribution is 5.89. The van der Waals surface area contributed by atoms with Crippen LogP contribution in [0.25, 0.3) is 0 Å². The maximum Gasteiger partial charge on any atom is 0.242 e. The number of pyridine rings is 1. The van der Waals surface area contributed by atoms with Crippen LogP contribution in [0.5, 0.6) is 0 Å². The van der Waals surface area contributed by atoms with E-state index in [4.69, 9.17) is 5.73 Å². The van der Waals surface area contributed by atoms with E-state index in [-0.39, 0.29) is 29.7 Å². The third kappa shape index (κ3) is 5.24. The Morgan fingerprint density at radius 1 is 1.25 bits per heavy atom. The molecule has 0 saturated carbocycles. The van der Waals surface area contributed by atoms with Gasteiger partial charge in [-0.1, -0.05) is 18.2 Å². The van der Waals surface area contributed by atoms with Crippen LogP contribution in [0.3, 0.4) is 0 Å². The Morgan fingerprint density at radius 3 is 2.81 bits per heavy atom.